The zero-order valence-corrected chi connectivity index (χ0v) is 12.7. The highest BCUT2D eigenvalue weighted by molar-refractivity contribution is 7.12. The third-order valence-corrected chi connectivity index (χ3v) is 3.65. The summed E-state index contributed by atoms with van der Waals surface area (Å²) in [5.74, 6) is -0.0323. The fourth-order valence-corrected chi connectivity index (χ4v) is 2.40. The monoisotopic (exact) mass is 305 g/mol. The van der Waals surface area contributed by atoms with Crippen molar-refractivity contribution in [3.63, 3.8) is 0 Å². The molecule has 0 fully saturated rings. The number of anilines is 2. The van der Waals surface area contributed by atoms with Gasteiger partial charge in [0.25, 0.3) is 5.91 Å². The molecule has 6 nitrogen and oxygen atoms in total. The lowest BCUT2D eigenvalue weighted by Gasteiger charge is -2.11. The van der Waals surface area contributed by atoms with Crippen molar-refractivity contribution in [2.24, 2.45) is 0 Å². The molecule has 1 amide bonds. The molecule has 0 atom stereocenters. The van der Waals surface area contributed by atoms with Gasteiger partial charge in [-0.15, -0.1) is 11.3 Å². The van der Waals surface area contributed by atoms with Crippen molar-refractivity contribution >= 4 is 34.7 Å². The van der Waals surface area contributed by atoms with Gasteiger partial charge in [0, 0.05) is 20.3 Å². The summed E-state index contributed by atoms with van der Waals surface area (Å²) in [7, 11) is 5.05. The molecule has 0 radical (unpaired) electrons. The number of thiophene rings is 1. The average Bonchev–Trinajstić information content (AvgIpc) is 2.94. The zero-order valence-electron chi connectivity index (χ0n) is 11.9. The number of pyridine rings is 1. The van der Waals surface area contributed by atoms with Crippen molar-refractivity contribution in [3.05, 3.63) is 40.2 Å². The van der Waals surface area contributed by atoms with E-state index in [-0.39, 0.29) is 5.91 Å². The van der Waals surface area contributed by atoms with Crippen LogP contribution in [-0.4, -0.2) is 38.1 Å². The number of carbonyl (C=O) groups is 2. The molecule has 0 saturated carbocycles. The van der Waals surface area contributed by atoms with Crippen LogP contribution in [0.4, 0.5) is 11.5 Å². The summed E-state index contributed by atoms with van der Waals surface area (Å²) in [4.78, 5) is 30.1. The van der Waals surface area contributed by atoms with E-state index in [4.69, 9.17) is 0 Å². The summed E-state index contributed by atoms with van der Waals surface area (Å²) >= 11 is 1.21. The van der Waals surface area contributed by atoms with Gasteiger partial charge in [-0.2, -0.15) is 0 Å². The molecule has 0 aliphatic heterocycles. The first kappa shape index (κ1) is 15.0. The molecule has 2 heterocycles. The third kappa shape index (κ3) is 3.38. The van der Waals surface area contributed by atoms with Gasteiger partial charge in [-0.25, -0.2) is 9.78 Å². The van der Waals surface area contributed by atoms with Gasteiger partial charge in [0.2, 0.25) is 0 Å². The molecular formula is C14H15N3O3S. The fraction of sp³-hybridized carbons (Fsp3) is 0.214. The van der Waals surface area contributed by atoms with Crippen LogP contribution in [-0.2, 0) is 4.74 Å². The second-order valence-electron chi connectivity index (χ2n) is 4.41. The normalized spacial score (nSPS) is 10.0. The van der Waals surface area contributed by atoms with Gasteiger partial charge in [0.1, 0.15) is 10.7 Å². The number of hydrogen-bond acceptors (Lipinski definition) is 6. The third-order valence-electron chi connectivity index (χ3n) is 2.75. The predicted molar refractivity (Wildman–Crippen MR) is 82.2 cm³/mol. The van der Waals surface area contributed by atoms with Crippen LogP contribution in [0, 0.1) is 0 Å². The molecule has 2 rings (SSSR count). The Labute approximate surface area is 126 Å². The van der Waals surface area contributed by atoms with Crippen LogP contribution in [0.1, 0.15) is 20.0 Å². The molecule has 0 aliphatic rings. The maximum atomic E-state index is 12.1. The Balaban J connectivity index is 2.15. The number of aromatic nitrogens is 1. The zero-order chi connectivity index (χ0) is 15.4. The Morgan fingerprint density at radius 3 is 2.62 bits per heavy atom. The smallest absolute Gasteiger partial charge is 0.350 e. The maximum absolute atomic E-state index is 12.1. The number of hydrogen-bond donors (Lipinski definition) is 1. The number of methoxy groups -OCH3 is 1. The minimum Gasteiger partial charge on any atom is -0.465 e. The van der Waals surface area contributed by atoms with Crippen LogP contribution in [0.5, 0.6) is 0 Å². The van der Waals surface area contributed by atoms with Crippen molar-refractivity contribution in [2.75, 3.05) is 31.4 Å². The van der Waals surface area contributed by atoms with Crippen LogP contribution in [0.3, 0.4) is 0 Å². The van der Waals surface area contributed by atoms with E-state index in [1.807, 2.05) is 19.0 Å². The largest absolute Gasteiger partial charge is 0.465 e. The maximum Gasteiger partial charge on any atom is 0.350 e. The Bertz CT molecular complexity index is 650. The molecule has 110 valence electrons. The van der Waals surface area contributed by atoms with Gasteiger partial charge in [-0.3, -0.25) is 4.79 Å². The summed E-state index contributed by atoms with van der Waals surface area (Å²) in [6.07, 6.45) is 1.49. The van der Waals surface area contributed by atoms with E-state index in [9.17, 15) is 9.59 Å². The highest BCUT2D eigenvalue weighted by Crippen LogP contribution is 2.23. The van der Waals surface area contributed by atoms with Gasteiger partial charge in [0.15, 0.2) is 0 Å². The van der Waals surface area contributed by atoms with Gasteiger partial charge >= 0.3 is 5.97 Å². The van der Waals surface area contributed by atoms with Crippen LogP contribution in [0.25, 0.3) is 0 Å². The Morgan fingerprint density at radius 2 is 2.05 bits per heavy atom. The minimum absolute atomic E-state index is 0.323. The molecule has 1 N–H and O–H groups in total. The molecule has 0 unspecified atom stereocenters. The first-order chi connectivity index (χ1) is 10.0. The minimum atomic E-state index is -0.471. The summed E-state index contributed by atoms with van der Waals surface area (Å²) in [5.41, 5.74) is 0.858. The highest BCUT2D eigenvalue weighted by Gasteiger charge is 2.16. The Kier molecular flexibility index (Phi) is 4.54. The highest BCUT2D eigenvalue weighted by atomic mass is 32.1. The van der Waals surface area contributed by atoms with Gasteiger partial charge in [-0.05, 0) is 23.6 Å². The second kappa shape index (κ2) is 6.36. The molecular weight excluding hydrogens is 290 g/mol. The number of esters is 1. The van der Waals surface area contributed by atoms with E-state index in [0.717, 1.165) is 5.82 Å². The van der Waals surface area contributed by atoms with Gasteiger partial charge in [0.05, 0.1) is 18.4 Å². The standard InChI is InChI=1S/C14H15N3O3S/c1-17(2)11-5-4-9(8-15-11)13(18)16-10-6-7-21-12(10)14(19)20-3/h4-8H,1-3H3,(H,16,18). The van der Waals surface area contributed by atoms with E-state index >= 15 is 0 Å². The van der Waals surface area contributed by atoms with E-state index in [1.165, 1.54) is 24.6 Å². The van der Waals surface area contributed by atoms with E-state index in [0.29, 0.717) is 16.1 Å². The number of carbonyl (C=O) groups excluding carboxylic acids is 2. The first-order valence-electron chi connectivity index (χ1n) is 6.13. The lowest BCUT2D eigenvalue weighted by Crippen LogP contribution is -2.15. The summed E-state index contributed by atoms with van der Waals surface area (Å²) < 4.78 is 4.67. The molecule has 2 aromatic heterocycles. The summed E-state index contributed by atoms with van der Waals surface area (Å²) in [6.45, 7) is 0. The SMILES string of the molecule is COC(=O)c1sccc1NC(=O)c1ccc(N(C)C)nc1. The molecule has 0 saturated heterocycles. The predicted octanol–water partition coefficient (Wildman–Crippen LogP) is 2.25. The first-order valence-corrected chi connectivity index (χ1v) is 7.01. The summed E-state index contributed by atoms with van der Waals surface area (Å²) in [5, 5.41) is 4.41. The molecule has 7 heteroatoms. The molecule has 0 bridgehead atoms. The average molecular weight is 305 g/mol. The van der Waals surface area contributed by atoms with Crippen LogP contribution in [0.2, 0.25) is 0 Å². The lowest BCUT2D eigenvalue weighted by atomic mass is 10.2. The fourth-order valence-electron chi connectivity index (χ4n) is 1.64. The molecule has 2 aromatic rings. The number of nitrogens with zero attached hydrogens (tertiary/aromatic N) is 2. The number of ether oxygens (including phenoxy) is 1. The number of rotatable bonds is 4. The van der Waals surface area contributed by atoms with Crippen molar-refractivity contribution in [1.82, 2.24) is 4.98 Å². The van der Waals surface area contributed by atoms with E-state index in [2.05, 4.69) is 15.0 Å². The lowest BCUT2D eigenvalue weighted by molar-refractivity contribution is 0.0607. The Hall–Kier alpha value is -2.41. The summed E-state index contributed by atoms with van der Waals surface area (Å²) in [6, 6.07) is 5.10. The van der Waals surface area contributed by atoms with Crippen molar-refractivity contribution < 1.29 is 14.3 Å². The quantitative estimate of drug-likeness (QED) is 0.877. The second-order valence-corrected chi connectivity index (χ2v) is 5.32. The van der Waals surface area contributed by atoms with Crippen LogP contribution >= 0.6 is 11.3 Å². The molecule has 0 spiro atoms. The number of amides is 1. The van der Waals surface area contributed by atoms with Gasteiger partial charge in [-0.1, -0.05) is 0 Å². The van der Waals surface area contributed by atoms with Gasteiger partial charge < -0.3 is 15.0 Å². The molecule has 21 heavy (non-hydrogen) atoms. The van der Waals surface area contributed by atoms with Crippen molar-refractivity contribution in [1.29, 1.82) is 0 Å². The van der Waals surface area contributed by atoms with E-state index < -0.39 is 5.97 Å². The van der Waals surface area contributed by atoms with Crippen LogP contribution < -0.4 is 10.2 Å². The molecule has 0 aromatic carbocycles. The topological polar surface area (TPSA) is 71.5 Å². The van der Waals surface area contributed by atoms with E-state index in [1.54, 1.807) is 23.6 Å². The van der Waals surface area contributed by atoms with Crippen molar-refractivity contribution in [3.8, 4) is 0 Å². The molecule has 0 aliphatic carbocycles. The number of nitrogens with one attached hydrogen (secondary N) is 1. The van der Waals surface area contributed by atoms with Crippen LogP contribution in [0.15, 0.2) is 29.8 Å². The Morgan fingerprint density at radius 1 is 1.29 bits per heavy atom. The van der Waals surface area contributed by atoms with Crippen molar-refractivity contribution in [2.45, 2.75) is 0 Å².